The van der Waals surface area contributed by atoms with Crippen LogP contribution in [-0.2, 0) is 25.4 Å². The topological polar surface area (TPSA) is 104 Å². The molecule has 0 saturated heterocycles. The van der Waals surface area contributed by atoms with Gasteiger partial charge in [-0.05, 0) is 11.1 Å². The van der Waals surface area contributed by atoms with Crippen LogP contribution >= 0.6 is 11.3 Å². The number of nitrogens with zero attached hydrogens (tertiary/aromatic N) is 5. The highest BCUT2D eigenvalue weighted by Crippen LogP contribution is 2.27. The zero-order valence-electron chi connectivity index (χ0n) is 18.4. The van der Waals surface area contributed by atoms with Crippen LogP contribution in [0.25, 0.3) is 33.5 Å². The molecule has 0 aliphatic heterocycles. The number of hydrogen-bond acceptors (Lipinski definition) is 6. The number of amides is 1. The second-order valence-corrected chi connectivity index (χ2v) is 8.65. The molecule has 0 aliphatic rings. The van der Waals surface area contributed by atoms with E-state index >= 15 is 0 Å². The molecule has 0 saturated carbocycles. The van der Waals surface area contributed by atoms with Gasteiger partial charge in [0.2, 0.25) is 5.91 Å². The molecule has 0 atom stereocenters. The van der Waals surface area contributed by atoms with Gasteiger partial charge in [0.25, 0.3) is 5.56 Å². The first-order valence-corrected chi connectivity index (χ1v) is 11.3. The number of imidazole rings is 1. The van der Waals surface area contributed by atoms with Crippen molar-refractivity contribution in [3.05, 3.63) is 87.1 Å². The first kappa shape index (κ1) is 21.5. The summed E-state index contributed by atoms with van der Waals surface area (Å²) < 4.78 is 3.68. The molecule has 0 spiro atoms. The Kier molecular flexibility index (Phi) is 5.42. The molecule has 2 aromatic carbocycles. The molecule has 5 aromatic rings. The van der Waals surface area contributed by atoms with Crippen molar-refractivity contribution in [2.24, 2.45) is 14.1 Å². The monoisotopic (exact) mass is 472 g/mol. The van der Waals surface area contributed by atoms with Crippen molar-refractivity contribution in [3.8, 4) is 22.4 Å². The summed E-state index contributed by atoms with van der Waals surface area (Å²) in [7, 11) is 3.18. The van der Waals surface area contributed by atoms with Crippen molar-refractivity contribution >= 4 is 33.5 Å². The zero-order valence-corrected chi connectivity index (χ0v) is 19.2. The molecule has 5 rings (SSSR count). The lowest BCUT2D eigenvalue weighted by Crippen LogP contribution is -2.42. The fourth-order valence-electron chi connectivity index (χ4n) is 3.77. The van der Waals surface area contributed by atoms with Crippen molar-refractivity contribution in [2.75, 3.05) is 5.32 Å². The van der Waals surface area contributed by atoms with Gasteiger partial charge in [0.05, 0.1) is 12.0 Å². The van der Waals surface area contributed by atoms with Crippen LogP contribution in [0.4, 0.5) is 5.13 Å². The number of carbonyl (C=O) groups is 1. The molecular formula is C24H20N6O3S. The van der Waals surface area contributed by atoms with Gasteiger partial charge in [-0.25, -0.2) is 19.3 Å². The molecule has 0 bridgehead atoms. The van der Waals surface area contributed by atoms with E-state index in [0.29, 0.717) is 5.13 Å². The van der Waals surface area contributed by atoms with E-state index in [-0.39, 0.29) is 11.2 Å². The number of hydrogen-bond donors (Lipinski definition) is 1. The minimum atomic E-state index is -0.607. The van der Waals surface area contributed by atoms with Gasteiger partial charge in [0.1, 0.15) is 6.54 Å². The molecule has 0 unspecified atom stereocenters. The third-order valence-electron chi connectivity index (χ3n) is 5.54. The summed E-state index contributed by atoms with van der Waals surface area (Å²) in [6.45, 7) is -0.423. The van der Waals surface area contributed by atoms with Gasteiger partial charge in [0, 0.05) is 25.0 Å². The highest BCUT2D eigenvalue weighted by molar-refractivity contribution is 7.14. The Morgan fingerprint density at radius 3 is 2.38 bits per heavy atom. The number of benzene rings is 2. The molecule has 170 valence electrons. The van der Waals surface area contributed by atoms with Crippen LogP contribution in [0.15, 0.2) is 75.9 Å². The van der Waals surface area contributed by atoms with Crippen LogP contribution in [-0.4, -0.2) is 29.6 Å². The number of rotatable bonds is 5. The van der Waals surface area contributed by atoms with Gasteiger partial charge in [0.15, 0.2) is 16.3 Å². The Labute approximate surface area is 197 Å². The molecule has 10 heteroatoms. The van der Waals surface area contributed by atoms with E-state index in [2.05, 4.69) is 27.4 Å². The average Bonchev–Trinajstić information content (AvgIpc) is 3.48. The van der Waals surface area contributed by atoms with E-state index in [1.165, 1.54) is 33.8 Å². The number of carbonyl (C=O) groups excluding carboxylic acids is 1. The minimum absolute atomic E-state index is 0.255. The molecule has 3 aromatic heterocycles. The smallest absolute Gasteiger partial charge is 0.328 e. The standard InChI is InChI=1S/C24H20N6O3S/c1-28-14-25-21-20(28)22(32)30(24(33)29(21)2)12-19(31)27-23-26-18(13-34-23)17-10-8-16(9-11-17)15-6-4-3-5-7-15/h3-11,13-14H,12H2,1-2H3,(H,26,27,31). The summed E-state index contributed by atoms with van der Waals surface area (Å²) in [6, 6.07) is 18.1. The fourth-order valence-corrected chi connectivity index (χ4v) is 4.50. The molecule has 1 N–H and O–H groups in total. The number of anilines is 1. The van der Waals surface area contributed by atoms with Gasteiger partial charge in [-0.15, -0.1) is 11.3 Å². The van der Waals surface area contributed by atoms with Crippen molar-refractivity contribution < 1.29 is 4.79 Å². The summed E-state index contributed by atoms with van der Waals surface area (Å²) in [5.41, 5.74) is 3.24. The summed E-state index contributed by atoms with van der Waals surface area (Å²) >= 11 is 1.27. The summed E-state index contributed by atoms with van der Waals surface area (Å²) in [6.07, 6.45) is 1.46. The lowest BCUT2D eigenvalue weighted by atomic mass is 10.0. The van der Waals surface area contributed by atoms with E-state index in [1.54, 1.807) is 7.05 Å². The number of fused-ring (bicyclic) bond motifs is 1. The third-order valence-corrected chi connectivity index (χ3v) is 6.30. The SMILES string of the molecule is Cn1cnc2c1c(=O)n(CC(=O)Nc1nc(-c3ccc(-c4ccccc4)cc3)cs1)c(=O)n2C. The quantitative estimate of drug-likeness (QED) is 0.424. The van der Waals surface area contributed by atoms with E-state index in [0.717, 1.165) is 27.0 Å². The molecule has 3 heterocycles. The van der Waals surface area contributed by atoms with Crippen LogP contribution in [0.2, 0.25) is 0 Å². The van der Waals surface area contributed by atoms with Crippen LogP contribution in [0.5, 0.6) is 0 Å². The van der Waals surface area contributed by atoms with Crippen LogP contribution in [0.3, 0.4) is 0 Å². The maximum Gasteiger partial charge on any atom is 0.332 e. The summed E-state index contributed by atoms with van der Waals surface area (Å²) in [5, 5.41) is 4.92. The predicted octanol–water partition coefficient (Wildman–Crippen LogP) is 2.86. The number of aromatic nitrogens is 5. The van der Waals surface area contributed by atoms with E-state index in [9.17, 15) is 14.4 Å². The minimum Gasteiger partial charge on any atom is -0.328 e. The van der Waals surface area contributed by atoms with Gasteiger partial charge in [-0.3, -0.25) is 14.2 Å². The van der Waals surface area contributed by atoms with Gasteiger partial charge in [-0.1, -0.05) is 54.6 Å². The van der Waals surface area contributed by atoms with Crippen molar-refractivity contribution in [3.63, 3.8) is 0 Å². The van der Waals surface area contributed by atoms with Crippen LogP contribution in [0.1, 0.15) is 0 Å². The second-order valence-electron chi connectivity index (χ2n) is 7.79. The number of aryl methyl sites for hydroxylation is 2. The Bertz CT molecular complexity index is 1630. The largest absolute Gasteiger partial charge is 0.332 e. The molecule has 34 heavy (non-hydrogen) atoms. The molecule has 1 amide bonds. The van der Waals surface area contributed by atoms with E-state index < -0.39 is 23.7 Å². The summed E-state index contributed by atoms with van der Waals surface area (Å²) in [4.78, 5) is 46.6. The zero-order chi connectivity index (χ0) is 23.8. The van der Waals surface area contributed by atoms with Crippen LogP contribution in [0, 0.1) is 0 Å². The van der Waals surface area contributed by atoms with Gasteiger partial charge >= 0.3 is 5.69 Å². The highest BCUT2D eigenvalue weighted by Gasteiger charge is 2.17. The maximum atomic E-state index is 12.8. The maximum absolute atomic E-state index is 12.8. The van der Waals surface area contributed by atoms with Gasteiger partial charge < -0.3 is 9.88 Å². The fraction of sp³-hybridized carbons (Fsp3) is 0.125. The molecule has 0 radical (unpaired) electrons. The third kappa shape index (κ3) is 3.84. The number of nitrogens with one attached hydrogen (secondary N) is 1. The Hall–Kier alpha value is -4.31. The predicted molar refractivity (Wildman–Crippen MR) is 132 cm³/mol. The number of thiazole rings is 1. The lowest BCUT2D eigenvalue weighted by molar-refractivity contribution is -0.116. The Morgan fingerprint density at radius 1 is 0.971 bits per heavy atom. The summed E-state index contributed by atoms with van der Waals surface area (Å²) in [5.74, 6) is -0.513. The second kappa shape index (κ2) is 8.56. The van der Waals surface area contributed by atoms with E-state index in [1.807, 2.05) is 47.8 Å². The van der Waals surface area contributed by atoms with Crippen molar-refractivity contribution in [2.45, 2.75) is 6.54 Å². The molecule has 0 fully saturated rings. The lowest BCUT2D eigenvalue weighted by Gasteiger charge is -2.08. The highest BCUT2D eigenvalue weighted by atomic mass is 32.1. The Balaban J connectivity index is 1.34. The van der Waals surface area contributed by atoms with E-state index in [4.69, 9.17) is 0 Å². The normalized spacial score (nSPS) is 11.1. The average molecular weight is 473 g/mol. The van der Waals surface area contributed by atoms with Gasteiger partial charge in [-0.2, -0.15) is 0 Å². The molecular weight excluding hydrogens is 452 g/mol. The van der Waals surface area contributed by atoms with Crippen molar-refractivity contribution in [1.29, 1.82) is 0 Å². The van der Waals surface area contributed by atoms with Crippen molar-refractivity contribution in [1.82, 2.24) is 23.7 Å². The first-order chi connectivity index (χ1) is 16.4. The van der Waals surface area contributed by atoms with Crippen LogP contribution < -0.4 is 16.6 Å². The Morgan fingerprint density at radius 2 is 1.65 bits per heavy atom. The molecule has 0 aliphatic carbocycles. The first-order valence-electron chi connectivity index (χ1n) is 10.4. The molecule has 9 nitrogen and oxygen atoms in total.